The highest BCUT2D eigenvalue weighted by Crippen LogP contribution is 2.26. The molecular weight excluding hydrogens is 283 g/mol. The molecule has 4 nitrogen and oxygen atoms in total. The quantitative estimate of drug-likeness (QED) is 0.784. The predicted octanol–water partition coefficient (Wildman–Crippen LogP) is 2.27. The average molecular weight is 297 g/mol. The molecule has 0 saturated heterocycles. The maximum atomic E-state index is 13.0. The lowest BCUT2D eigenvalue weighted by Gasteiger charge is -2.12. The maximum absolute atomic E-state index is 13.0. The third kappa shape index (κ3) is 6.32. The van der Waals surface area contributed by atoms with Crippen molar-refractivity contribution < 1.29 is 26.3 Å². The molecule has 0 unspecified atom stereocenters. The Morgan fingerprint density at radius 2 is 2.05 bits per heavy atom. The Bertz CT molecular complexity index is 520. The van der Waals surface area contributed by atoms with E-state index in [-0.39, 0.29) is 30.2 Å². The van der Waals surface area contributed by atoms with Gasteiger partial charge in [0.05, 0.1) is 11.4 Å². The number of hydrogen-bond donors (Lipinski definition) is 1. The number of nitrogens with one attached hydrogen (secondary N) is 1. The van der Waals surface area contributed by atoms with E-state index in [1.807, 2.05) is 0 Å². The van der Waals surface area contributed by atoms with Gasteiger partial charge in [0.25, 0.3) is 0 Å². The van der Waals surface area contributed by atoms with Gasteiger partial charge in [-0.25, -0.2) is 12.8 Å². The molecule has 0 spiro atoms. The van der Waals surface area contributed by atoms with Crippen molar-refractivity contribution in [3.8, 4) is 5.75 Å². The van der Waals surface area contributed by atoms with Crippen molar-refractivity contribution in [1.29, 1.82) is 0 Å². The van der Waals surface area contributed by atoms with Gasteiger partial charge in [-0.05, 0) is 18.6 Å². The summed E-state index contributed by atoms with van der Waals surface area (Å²) in [6.45, 7) is -2.81. The van der Waals surface area contributed by atoms with Crippen LogP contribution in [0.15, 0.2) is 18.2 Å². The van der Waals surface area contributed by atoms with Gasteiger partial charge < -0.3 is 10.1 Å². The van der Waals surface area contributed by atoms with Gasteiger partial charge in [-0.1, -0.05) is 0 Å². The molecule has 0 aromatic heterocycles. The van der Waals surface area contributed by atoms with Crippen LogP contribution in [0.1, 0.15) is 6.42 Å². The topological polar surface area (TPSA) is 55.4 Å². The molecule has 0 atom stereocenters. The summed E-state index contributed by atoms with van der Waals surface area (Å²) in [6, 6.07) is 3.10. The van der Waals surface area contributed by atoms with Crippen LogP contribution in [0.4, 0.5) is 18.9 Å². The Hall–Kier alpha value is -1.44. The first-order valence-electron chi connectivity index (χ1n) is 5.44. The van der Waals surface area contributed by atoms with Crippen LogP contribution < -0.4 is 10.1 Å². The van der Waals surface area contributed by atoms with Gasteiger partial charge in [-0.15, -0.1) is 0 Å². The van der Waals surface area contributed by atoms with Gasteiger partial charge in [-0.2, -0.15) is 8.78 Å². The Labute approximate surface area is 109 Å². The van der Waals surface area contributed by atoms with E-state index >= 15 is 0 Å². The average Bonchev–Trinajstić information content (AvgIpc) is 2.26. The molecule has 0 heterocycles. The monoisotopic (exact) mass is 297 g/mol. The van der Waals surface area contributed by atoms with E-state index in [0.717, 1.165) is 24.5 Å². The van der Waals surface area contributed by atoms with Crippen molar-refractivity contribution in [3.05, 3.63) is 24.0 Å². The van der Waals surface area contributed by atoms with Gasteiger partial charge >= 0.3 is 6.61 Å². The van der Waals surface area contributed by atoms with E-state index in [0.29, 0.717) is 0 Å². The smallest absolute Gasteiger partial charge is 0.387 e. The van der Waals surface area contributed by atoms with Gasteiger partial charge in [0.1, 0.15) is 21.4 Å². The molecule has 0 aliphatic rings. The molecule has 0 amide bonds. The van der Waals surface area contributed by atoms with Crippen LogP contribution in [-0.2, 0) is 9.84 Å². The predicted molar refractivity (Wildman–Crippen MR) is 65.8 cm³/mol. The zero-order valence-corrected chi connectivity index (χ0v) is 11.0. The summed E-state index contributed by atoms with van der Waals surface area (Å²) in [5.74, 6) is -0.830. The first-order valence-corrected chi connectivity index (χ1v) is 7.50. The number of benzene rings is 1. The molecule has 1 aromatic rings. The van der Waals surface area contributed by atoms with Crippen molar-refractivity contribution in [1.82, 2.24) is 0 Å². The van der Waals surface area contributed by atoms with Crippen LogP contribution in [-0.4, -0.2) is 33.6 Å². The standard InChI is InChI=1S/C11H14F3NO3S/c1-19(16,17)6-2-5-15-9-7-8(12)3-4-10(9)18-11(13)14/h3-4,7,11,15H,2,5-6H2,1H3. The molecule has 0 bridgehead atoms. The highest BCUT2D eigenvalue weighted by atomic mass is 32.2. The SMILES string of the molecule is CS(=O)(=O)CCCNc1cc(F)ccc1OC(F)F. The van der Waals surface area contributed by atoms with E-state index in [2.05, 4.69) is 10.1 Å². The number of hydrogen-bond acceptors (Lipinski definition) is 4. The minimum Gasteiger partial charge on any atom is -0.433 e. The van der Waals surface area contributed by atoms with E-state index in [1.54, 1.807) is 0 Å². The van der Waals surface area contributed by atoms with Crippen LogP contribution >= 0.6 is 0 Å². The zero-order chi connectivity index (χ0) is 14.5. The second-order valence-electron chi connectivity index (χ2n) is 3.93. The third-order valence-electron chi connectivity index (χ3n) is 2.17. The first kappa shape index (κ1) is 15.6. The minimum absolute atomic E-state index is 0.0413. The molecule has 0 saturated carbocycles. The fourth-order valence-corrected chi connectivity index (χ4v) is 2.07. The molecular formula is C11H14F3NO3S. The van der Waals surface area contributed by atoms with Crippen molar-refractivity contribution in [2.75, 3.05) is 23.9 Å². The van der Waals surface area contributed by atoms with Crippen molar-refractivity contribution in [2.24, 2.45) is 0 Å². The molecule has 108 valence electrons. The summed E-state index contributed by atoms with van der Waals surface area (Å²) in [6.07, 6.45) is 1.38. The summed E-state index contributed by atoms with van der Waals surface area (Å²) in [7, 11) is -3.08. The highest BCUT2D eigenvalue weighted by molar-refractivity contribution is 7.90. The van der Waals surface area contributed by atoms with Crippen LogP contribution in [0.3, 0.4) is 0 Å². The van der Waals surface area contributed by atoms with Crippen molar-refractivity contribution in [2.45, 2.75) is 13.0 Å². The van der Waals surface area contributed by atoms with E-state index in [4.69, 9.17) is 0 Å². The van der Waals surface area contributed by atoms with Crippen LogP contribution in [0, 0.1) is 5.82 Å². The Morgan fingerprint density at radius 1 is 1.37 bits per heavy atom. The third-order valence-corrected chi connectivity index (χ3v) is 3.20. The lowest BCUT2D eigenvalue weighted by atomic mass is 10.2. The normalized spacial score (nSPS) is 11.6. The van der Waals surface area contributed by atoms with E-state index in [9.17, 15) is 21.6 Å². The number of ether oxygens (including phenoxy) is 1. The van der Waals surface area contributed by atoms with Gasteiger partial charge in [0, 0.05) is 18.9 Å². The molecule has 0 aliphatic heterocycles. The fraction of sp³-hybridized carbons (Fsp3) is 0.455. The summed E-state index contributed by atoms with van der Waals surface area (Å²) >= 11 is 0. The lowest BCUT2D eigenvalue weighted by molar-refractivity contribution is -0.0494. The fourth-order valence-electron chi connectivity index (χ4n) is 1.40. The minimum atomic E-state index is -3.08. The molecule has 0 radical (unpaired) electrons. The molecule has 1 aromatic carbocycles. The van der Waals surface area contributed by atoms with Crippen LogP contribution in [0.2, 0.25) is 0 Å². The molecule has 19 heavy (non-hydrogen) atoms. The highest BCUT2D eigenvalue weighted by Gasteiger charge is 2.10. The van der Waals surface area contributed by atoms with E-state index < -0.39 is 22.3 Å². The Balaban J connectivity index is 2.63. The molecule has 0 aliphatic carbocycles. The second kappa shape index (κ2) is 6.65. The summed E-state index contributed by atoms with van der Waals surface area (Å²) in [4.78, 5) is 0. The first-order chi connectivity index (χ1) is 8.78. The van der Waals surface area contributed by atoms with Crippen LogP contribution in [0.5, 0.6) is 5.75 Å². The van der Waals surface area contributed by atoms with Gasteiger partial charge in [0.2, 0.25) is 0 Å². The zero-order valence-electron chi connectivity index (χ0n) is 10.2. The Morgan fingerprint density at radius 3 is 2.63 bits per heavy atom. The number of anilines is 1. The number of halogens is 3. The molecule has 1 N–H and O–H groups in total. The summed E-state index contributed by atoms with van der Waals surface area (Å²) < 4.78 is 63.3. The largest absolute Gasteiger partial charge is 0.433 e. The maximum Gasteiger partial charge on any atom is 0.387 e. The second-order valence-corrected chi connectivity index (χ2v) is 6.19. The number of sulfone groups is 1. The summed E-state index contributed by atoms with van der Waals surface area (Å²) in [5.41, 5.74) is 0.0637. The van der Waals surface area contributed by atoms with Crippen molar-refractivity contribution >= 4 is 15.5 Å². The van der Waals surface area contributed by atoms with Crippen LogP contribution in [0.25, 0.3) is 0 Å². The number of alkyl halides is 2. The van der Waals surface area contributed by atoms with Crippen molar-refractivity contribution in [3.63, 3.8) is 0 Å². The lowest BCUT2D eigenvalue weighted by Crippen LogP contribution is -2.11. The molecule has 8 heteroatoms. The molecule has 1 rings (SSSR count). The summed E-state index contributed by atoms with van der Waals surface area (Å²) in [5, 5.41) is 2.67. The van der Waals surface area contributed by atoms with E-state index in [1.165, 1.54) is 0 Å². The number of rotatable bonds is 7. The Kier molecular flexibility index (Phi) is 5.46. The van der Waals surface area contributed by atoms with Gasteiger partial charge in [-0.3, -0.25) is 0 Å². The molecule has 0 fully saturated rings. The van der Waals surface area contributed by atoms with Gasteiger partial charge in [0.15, 0.2) is 0 Å².